The van der Waals surface area contributed by atoms with Crippen molar-refractivity contribution in [2.24, 2.45) is 0 Å². The van der Waals surface area contributed by atoms with Gasteiger partial charge in [-0.05, 0) is 30.2 Å². The van der Waals surface area contributed by atoms with Gasteiger partial charge in [0, 0.05) is 19.0 Å². The number of aldehydes is 1. The molecule has 122 valence electrons. The molecule has 0 aliphatic carbocycles. The van der Waals surface area contributed by atoms with Crippen LogP contribution in [-0.2, 0) is 11.0 Å². The summed E-state index contributed by atoms with van der Waals surface area (Å²) in [5.41, 5.74) is -1.55. The Balaban J connectivity index is 2.94. The van der Waals surface area contributed by atoms with Crippen molar-refractivity contribution in [2.45, 2.75) is 31.7 Å². The van der Waals surface area contributed by atoms with E-state index < -0.39 is 23.9 Å². The molecule has 2 unspecified atom stereocenters. The highest BCUT2D eigenvalue weighted by Gasteiger charge is 2.32. The fourth-order valence-corrected chi connectivity index (χ4v) is 1.86. The lowest BCUT2D eigenvalue weighted by Crippen LogP contribution is -2.27. The average molecular weight is 319 g/mol. The Morgan fingerprint density at radius 3 is 2.45 bits per heavy atom. The fraction of sp³-hybridized carbons (Fsp3) is 0.429. The zero-order valence-corrected chi connectivity index (χ0v) is 11.7. The minimum Gasteiger partial charge on any atom is -0.390 e. The first-order chi connectivity index (χ1) is 10.1. The van der Waals surface area contributed by atoms with Crippen molar-refractivity contribution in [1.82, 2.24) is 5.32 Å². The number of carbonyl (C=O) groups excluding carboxylic acids is 2. The number of aliphatic hydroxyl groups excluding tert-OH is 2. The molecule has 1 amide bonds. The Bertz CT molecular complexity index is 545. The van der Waals surface area contributed by atoms with Crippen LogP contribution in [0, 0.1) is 0 Å². The van der Waals surface area contributed by atoms with Gasteiger partial charge in [-0.25, -0.2) is 0 Å². The first kappa shape index (κ1) is 18.1. The molecule has 1 aromatic carbocycles. The van der Waals surface area contributed by atoms with Crippen molar-refractivity contribution in [2.75, 3.05) is 6.54 Å². The Labute approximate surface area is 124 Å². The van der Waals surface area contributed by atoms with E-state index in [9.17, 15) is 33.0 Å². The number of hydrogen-bond acceptors (Lipinski definition) is 4. The van der Waals surface area contributed by atoms with Gasteiger partial charge in [-0.1, -0.05) is 0 Å². The number of alkyl halides is 3. The summed E-state index contributed by atoms with van der Waals surface area (Å²) in [4.78, 5) is 21.4. The number of halogens is 3. The Hall–Kier alpha value is -1.93. The Kier molecular flexibility index (Phi) is 6.07. The molecule has 0 bridgehead atoms. The second-order valence-corrected chi connectivity index (χ2v) is 4.79. The van der Waals surface area contributed by atoms with Gasteiger partial charge >= 0.3 is 6.18 Å². The van der Waals surface area contributed by atoms with Gasteiger partial charge in [0.1, 0.15) is 12.4 Å². The SMILES string of the molecule is CC(=O)NCCC(O)C(O)c1cc(C=O)cc(C(F)(F)F)c1. The van der Waals surface area contributed by atoms with E-state index in [-0.39, 0.29) is 36.3 Å². The third kappa shape index (κ3) is 5.12. The van der Waals surface area contributed by atoms with Gasteiger partial charge in [0.15, 0.2) is 0 Å². The molecule has 5 nitrogen and oxygen atoms in total. The van der Waals surface area contributed by atoms with Crippen molar-refractivity contribution < 1.29 is 33.0 Å². The third-order valence-electron chi connectivity index (χ3n) is 2.96. The van der Waals surface area contributed by atoms with E-state index in [1.165, 1.54) is 6.92 Å². The molecule has 0 saturated heterocycles. The number of amides is 1. The molecule has 2 atom stereocenters. The summed E-state index contributed by atoms with van der Waals surface area (Å²) < 4.78 is 38.2. The molecule has 0 heterocycles. The molecule has 22 heavy (non-hydrogen) atoms. The fourth-order valence-electron chi connectivity index (χ4n) is 1.86. The minimum atomic E-state index is -4.67. The van der Waals surface area contributed by atoms with Crippen LogP contribution in [0.5, 0.6) is 0 Å². The summed E-state index contributed by atoms with van der Waals surface area (Å²) in [6.45, 7) is 1.33. The van der Waals surface area contributed by atoms with Crippen molar-refractivity contribution in [1.29, 1.82) is 0 Å². The normalized spacial score (nSPS) is 14.3. The van der Waals surface area contributed by atoms with Crippen LogP contribution < -0.4 is 5.32 Å². The molecule has 1 rings (SSSR count). The maximum atomic E-state index is 12.7. The van der Waals surface area contributed by atoms with Crippen molar-refractivity contribution in [3.05, 3.63) is 34.9 Å². The van der Waals surface area contributed by atoms with Gasteiger partial charge in [-0.15, -0.1) is 0 Å². The maximum absolute atomic E-state index is 12.7. The second-order valence-electron chi connectivity index (χ2n) is 4.79. The summed E-state index contributed by atoms with van der Waals surface area (Å²) >= 11 is 0. The summed E-state index contributed by atoms with van der Waals surface area (Å²) in [7, 11) is 0. The summed E-state index contributed by atoms with van der Waals surface area (Å²) in [5, 5.41) is 22.1. The highest BCUT2D eigenvalue weighted by Crippen LogP contribution is 2.32. The molecule has 0 aromatic heterocycles. The van der Waals surface area contributed by atoms with Gasteiger partial charge in [0.25, 0.3) is 0 Å². The summed E-state index contributed by atoms with van der Waals surface area (Å²) in [5.74, 6) is -0.330. The second kappa shape index (κ2) is 7.37. The quantitative estimate of drug-likeness (QED) is 0.693. The first-order valence-electron chi connectivity index (χ1n) is 6.43. The minimum absolute atomic E-state index is 0.0482. The molecule has 0 aliphatic heterocycles. The maximum Gasteiger partial charge on any atom is 0.416 e. The summed E-state index contributed by atoms with van der Waals surface area (Å²) in [6, 6.07) is 2.42. The van der Waals surface area contributed by atoms with E-state index in [1.54, 1.807) is 0 Å². The van der Waals surface area contributed by atoms with E-state index in [0.717, 1.165) is 6.07 Å². The molecule has 0 spiro atoms. The van der Waals surface area contributed by atoms with Gasteiger partial charge < -0.3 is 15.5 Å². The van der Waals surface area contributed by atoms with E-state index in [2.05, 4.69) is 5.32 Å². The Morgan fingerprint density at radius 2 is 1.95 bits per heavy atom. The molecule has 0 fully saturated rings. The highest BCUT2D eigenvalue weighted by atomic mass is 19.4. The lowest BCUT2D eigenvalue weighted by molar-refractivity contribution is -0.137. The van der Waals surface area contributed by atoms with Crippen LogP contribution >= 0.6 is 0 Å². The molecular formula is C14H16F3NO4. The third-order valence-corrected chi connectivity index (χ3v) is 2.96. The highest BCUT2D eigenvalue weighted by molar-refractivity contribution is 5.75. The number of hydrogen-bond donors (Lipinski definition) is 3. The molecule has 0 radical (unpaired) electrons. The van der Waals surface area contributed by atoms with Gasteiger partial charge in [-0.2, -0.15) is 13.2 Å². The topological polar surface area (TPSA) is 86.6 Å². The first-order valence-corrected chi connectivity index (χ1v) is 6.43. The number of rotatable bonds is 6. The van der Waals surface area contributed by atoms with E-state index >= 15 is 0 Å². The van der Waals surface area contributed by atoms with E-state index in [1.807, 2.05) is 0 Å². The van der Waals surface area contributed by atoms with Crippen molar-refractivity contribution in [3.8, 4) is 0 Å². The lowest BCUT2D eigenvalue weighted by atomic mass is 9.97. The lowest BCUT2D eigenvalue weighted by Gasteiger charge is -2.20. The zero-order valence-electron chi connectivity index (χ0n) is 11.7. The van der Waals surface area contributed by atoms with Crippen LogP contribution in [0.15, 0.2) is 18.2 Å². The molecule has 8 heteroatoms. The zero-order chi connectivity index (χ0) is 16.9. The van der Waals surface area contributed by atoms with Crippen molar-refractivity contribution in [3.63, 3.8) is 0 Å². The predicted octanol–water partition coefficient (Wildman–Crippen LogP) is 1.44. The molecular weight excluding hydrogens is 303 g/mol. The van der Waals surface area contributed by atoms with Crippen LogP contribution in [0.2, 0.25) is 0 Å². The van der Waals surface area contributed by atoms with Gasteiger partial charge in [-0.3, -0.25) is 9.59 Å². The van der Waals surface area contributed by atoms with Gasteiger partial charge in [0.05, 0.1) is 11.7 Å². The van der Waals surface area contributed by atoms with Crippen LogP contribution in [0.25, 0.3) is 0 Å². The summed E-state index contributed by atoms with van der Waals surface area (Å²) in [6.07, 6.45) is -7.47. The smallest absolute Gasteiger partial charge is 0.390 e. The number of aliphatic hydroxyl groups is 2. The van der Waals surface area contributed by atoms with Crippen LogP contribution in [0.4, 0.5) is 13.2 Å². The standard InChI is InChI=1S/C14H16F3NO4/c1-8(20)18-3-2-12(21)13(22)10-4-9(7-19)5-11(6-10)14(15,16)17/h4-7,12-13,21-22H,2-3H2,1H3,(H,18,20). The van der Waals surface area contributed by atoms with Crippen LogP contribution in [-0.4, -0.2) is 35.1 Å². The molecule has 1 aromatic rings. The number of carbonyl (C=O) groups is 2. The molecule has 0 aliphatic rings. The largest absolute Gasteiger partial charge is 0.416 e. The average Bonchev–Trinajstić information content (AvgIpc) is 2.44. The number of benzene rings is 1. The predicted molar refractivity (Wildman–Crippen MR) is 71.1 cm³/mol. The molecule has 0 saturated carbocycles. The Morgan fingerprint density at radius 1 is 1.32 bits per heavy atom. The van der Waals surface area contributed by atoms with E-state index in [4.69, 9.17) is 0 Å². The van der Waals surface area contributed by atoms with Crippen LogP contribution in [0.1, 0.15) is 40.9 Å². The number of nitrogens with one attached hydrogen (secondary N) is 1. The monoisotopic (exact) mass is 319 g/mol. The van der Waals surface area contributed by atoms with Gasteiger partial charge in [0.2, 0.25) is 5.91 Å². The van der Waals surface area contributed by atoms with Crippen LogP contribution in [0.3, 0.4) is 0 Å². The molecule has 3 N–H and O–H groups in total. The van der Waals surface area contributed by atoms with Crippen molar-refractivity contribution >= 4 is 12.2 Å². The van der Waals surface area contributed by atoms with E-state index in [0.29, 0.717) is 12.1 Å².